The number of nitrogen functional groups attached to an aromatic ring is 5. The largest absolute Gasteiger partial charge is 0.397 e. The molecule has 0 aliphatic carbocycles. The number of nitrogens with zero attached hydrogens (tertiary/aromatic N) is 1. The van der Waals surface area contributed by atoms with E-state index in [1.165, 1.54) is 16.7 Å². The second kappa shape index (κ2) is 4.05. The Labute approximate surface area is 137 Å². The van der Waals surface area contributed by atoms with Crippen LogP contribution in [-0.2, 0) is 14.5 Å². The number of nitrogens with two attached hydrogens (primary N) is 5. The standard InChI is InChI=1S/C14H18N6O2S/c1-4-13(2,3)23-14(11(21)12(22)20(4)14)5-6(15)8(17)10(19)9(18)7(5)16/h1,15-19H2,2-3H3/t14-/m1/s1. The topological polar surface area (TPSA) is 167 Å². The molecule has 0 radical (unpaired) electrons. The summed E-state index contributed by atoms with van der Waals surface area (Å²) >= 11 is 1.23. The SMILES string of the molecule is C=C1N2C(=O)C(=O)[C@@]2(c2c(N)c(N)c(N)c(N)c2N)SC1(C)C. The Morgan fingerprint density at radius 1 is 0.913 bits per heavy atom. The fourth-order valence-electron chi connectivity index (χ4n) is 3.03. The van der Waals surface area contributed by atoms with Crippen LogP contribution in [0.2, 0.25) is 0 Å². The van der Waals surface area contributed by atoms with Crippen molar-refractivity contribution in [2.24, 2.45) is 0 Å². The van der Waals surface area contributed by atoms with E-state index < -0.39 is 21.3 Å². The Balaban J connectivity index is 2.37. The third-order valence-corrected chi connectivity index (χ3v) is 6.04. The lowest BCUT2D eigenvalue weighted by Crippen LogP contribution is -2.64. The zero-order valence-electron chi connectivity index (χ0n) is 12.8. The van der Waals surface area contributed by atoms with Gasteiger partial charge in [-0.05, 0) is 13.8 Å². The van der Waals surface area contributed by atoms with Gasteiger partial charge in [-0.2, -0.15) is 0 Å². The minimum atomic E-state index is -1.39. The summed E-state index contributed by atoms with van der Waals surface area (Å²) in [4.78, 5) is 24.6. The molecule has 10 N–H and O–H groups in total. The van der Waals surface area contributed by atoms with Crippen LogP contribution in [0.25, 0.3) is 0 Å². The molecular weight excluding hydrogens is 316 g/mol. The predicted octanol–water partition coefficient (Wildman–Crippen LogP) is 0.201. The Hall–Kier alpha value is -2.55. The van der Waals surface area contributed by atoms with Crippen molar-refractivity contribution in [3.8, 4) is 0 Å². The molecule has 8 nitrogen and oxygen atoms in total. The van der Waals surface area contributed by atoms with Crippen LogP contribution >= 0.6 is 11.8 Å². The molecule has 2 aliphatic rings. The zero-order chi connectivity index (χ0) is 17.5. The van der Waals surface area contributed by atoms with Gasteiger partial charge in [-0.15, -0.1) is 11.8 Å². The number of thioether (sulfide) groups is 1. The minimum absolute atomic E-state index is 0.0455. The fraction of sp³-hybridized carbons (Fsp3) is 0.286. The van der Waals surface area contributed by atoms with Crippen molar-refractivity contribution in [1.29, 1.82) is 0 Å². The van der Waals surface area contributed by atoms with E-state index in [4.69, 9.17) is 28.7 Å². The molecule has 1 aromatic rings. The Morgan fingerprint density at radius 2 is 1.35 bits per heavy atom. The molecule has 0 aromatic heterocycles. The van der Waals surface area contributed by atoms with Gasteiger partial charge in [-0.3, -0.25) is 14.5 Å². The van der Waals surface area contributed by atoms with Gasteiger partial charge in [0.1, 0.15) is 0 Å². The molecule has 2 fully saturated rings. The smallest absolute Gasteiger partial charge is 0.299 e. The molecular formula is C14H18N6O2S. The monoisotopic (exact) mass is 334 g/mol. The van der Waals surface area contributed by atoms with Crippen LogP contribution < -0.4 is 28.7 Å². The van der Waals surface area contributed by atoms with Crippen molar-refractivity contribution >= 4 is 51.9 Å². The third-order valence-electron chi connectivity index (χ3n) is 4.43. The van der Waals surface area contributed by atoms with E-state index in [9.17, 15) is 9.59 Å². The van der Waals surface area contributed by atoms with Gasteiger partial charge in [0.05, 0.1) is 33.2 Å². The van der Waals surface area contributed by atoms with Crippen molar-refractivity contribution in [2.45, 2.75) is 23.5 Å². The Bertz CT molecular complexity index is 789. The summed E-state index contributed by atoms with van der Waals surface area (Å²) < 4.78 is -0.564. The summed E-state index contributed by atoms with van der Waals surface area (Å²) in [5.74, 6) is -1.28. The first-order chi connectivity index (χ1) is 10.5. The van der Waals surface area contributed by atoms with Crippen molar-refractivity contribution in [3.05, 3.63) is 17.8 Å². The summed E-state index contributed by atoms with van der Waals surface area (Å²) in [6.07, 6.45) is 0. The van der Waals surface area contributed by atoms with Crippen LogP contribution in [0.3, 0.4) is 0 Å². The highest BCUT2D eigenvalue weighted by Crippen LogP contribution is 2.66. The quantitative estimate of drug-likeness (QED) is 0.276. The lowest BCUT2D eigenvalue weighted by Gasteiger charge is -2.45. The number of amides is 1. The van der Waals surface area contributed by atoms with E-state index >= 15 is 0 Å². The summed E-state index contributed by atoms with van der Waals surface area (Å²) in [5, 5.41) is 0. The average molecular weight is 334 g/mol. The first-order valence-electron chi connectivity index (χ1n) is 6.78. The predicted molar refractivity (Wildman–Crippen MR) is 92.8 cm³/mol. The number of β-lactam (4-membered cyclic amide) rings is 1. The van der Waals surface area contributed by atoms with Crippen LogP contribution in [-0.4, -0.2) is 21.3 Å². The lowest BCUT2D eigenvalue weighted by atomic mass is 9.86. The van der Waals surface area contributed by atoms with Gasteiger partial charge in [-0.1, -0.05) is 6.58 Å². The van der Waals surface area contributed by atoms with Crippen LogP contribution in [0.4, 0.5) is 28.4 Å². The van der Waals surface area contributed by atoms with E-state index in [0.717, 1.165) is 0 Å². The molecule has 0 bridgehead atoms. The van der Waals surface area contributed by atoms with Gasteiger partial charge in [-0.25, -0.2) is 0 Å². The minimum Gasteiger partial charge on any atom is -0.397 e. The molecule has 2 heterocycles. The van der Waals surface area contributed by atoms with Gasteiger partial charge in [0.25, 0.3) is 11.7 Å². The van der Waals surface area contributed by atoms with Crippen LogP contribution in [0.5, 0.6) is 0 Å². The van der Waals surface area contributed by atoms with Gasteiger partial charge in [0, 0.05) is 11.3 Å². The van der Waals surface area contributed by atoms with Gasteiger partial charge in [0.2, 0.25) is 0 Å². The zero-order valence-corrected chi connectivity index (χ0v) is 13.6. The number of benzene rings is 1. The van der Waals surface area contributed by atoms with Gasteiger partial charge in [0.15, 0.2) is 4.87 Å². The first kappa shape index (κ1) is 15.3. The molecule has 1 atom stereocenters. The third kappa shape index (κ3) is 1.47. The molecule has 9 heteroatoms. The number of carbonyl (C=O) groups is 2. The molecule has 23 heavy (non-hydrogen) atoms. The summed E-state index contributed by atoms with van der Waals surface area (Å²) in [7, 11) is 0. The number of Topliss-reactive ketones (excluding diaryl/α,β-unsaturated/α-hetero) is 1. The fourth-order valence-corrected chi connectivity index (χ4v) is 4.77. The van der Waals surface area contributed by atoms with E-state index in [1.54, 1.807) is 0 Å². The highest BCUT2D eigenvalue weighted by molar-refractivity contribution is 8.03. The van der Waals surface area contributed by atoms with Crippen LogP contribution in [0.15, 0.2) is 12.3 Å². The number of anilines is 5. The maximum atomic E-state index is 12.5. The number of ketones is 1. The number of carbonyl (C=O) groups excluding carboxylic acids is 2. The lowest BCUT2D eigenvalue weighted by molar-refractivity contribution is -0.160. The van der Waals surface area contributed by atoms with Gasteiger partial charge < -0.3 is 28.7 Å². The number of fused-ring (bicyclic) bond motifs is 1. The van der Waals surface area contributed by atoms with E-state index in [1.807, 2.05) is 13.8 Å². The van der Waals surface area contributed by atoms with E-state index in [-0.39, 0.29) is 34.0 Å². The van der Waals surface area contributed by atoms with E-state index in [0.29, 0.717) is 5.70 Å². The van der Waals surface area contributed by atoms with Crippen molar-refractivity contribution in [1.82, 2.24) is 4.90 Å². The van der Waals surface area contributed by atoms with Gasteiger partial charge >= 0.3 is 0 Å². The molecule has 2 saturated heterocycles. The molecule has 3 rings (SSSR count). The van der Waals surface area contributed by atoms with Crippen molar-refractivity contribution in [3.63, 3.8) is 0 Å². The van der Waals surface area contributed by atoms with Crippen molar-refractivity contribution < 1.29 is 9.59 Å². The maximum Gasteiger partial charge on any atom is 0.299 e. The highest BCUT2D eigenvalue weighted by Gasteiger charge is 2.71. The molecule has 122 valence electrons. The maximum absolute atomic E-state index is 12.5. The molecule has 0 saturated carbocycles. The summed E-state index contributed by atoms with van der Waals surface area (Å²) in [6.45, 7) is 7.65. The summed E-state index contributed by atoms with van der Waals surface area (Å²) in [5.41, 5.74) is 30.7. The highest BCUT2D eigenvalue weighted by atomic mass is 32.2. The van der Waals surface area contributed by atoms with Crippen LogP contribution in [0.1, 0.15) is 19.4 Å². The Kier molecular flexibility index (Phi) is 2.70. The molecule has 0 unspecified atom stereocenters. The second-order valence-corrected chi connectivity index (χ2v) is 7.93. The number of hydrogen-bond donors (Lipinski definition) is 5. The molecule has 1 amide bonds. The van der Waals surface area contributed by atoms with Crippen molar-refractivity contribution in [2.75, 3.05) is 28.7 Å². The average Bonchev–Trinajstić information content (AvgIpc) is 2.68. The molecule has 0 spiro atoms. The molecule has 2 aliphatic heterocycles. The number of hydrogen-bond acceptors (Lipinski definition) is 8. The summed E-state index contributed by atoms with van der Waals surface area (Å²) in [6, 6.07) is 0. The van der Waals surface area contributed by atoms with Crippen LogP contribution in [0, 0.1) is 0 Å². The number of rotatable bonds is 1. The Morgan fingerprint density at radius 3 is 1.83 bits per heavy atom. The van der Waals surface area contributed by atoms with E-state index in [2.05, 4.69) is 6.58 Å². The first-order valence-corrected chi connectivity index (χ1v) is 7.60. The molecule has 1 aromatic carbocycles. The normalized spacial score (nSPS) is 25.5. The second-order valence-electron chi connectivity index (χ2n) is 6.12.